The maximum Gasteiger partial charge on any atom is 0.239 e. The lowest BCUT2D eigenvalue weighted by Gasteiger charge is -2.34. The highest BCUT2D eigenvalue weighted by atomic mass is 16.2. The number of pyridine rings is 1. The summed E-state index contributed by atoms with van der Waals surface area (Å²) in [6.45, 7) is 5.07. The van der Waals surface area contributed by atoms with Gasteiger partial charge in [-0.2, -0.15) is 0 Å². The first-order valence-electron chi connectivity index (χ1n) is 11.3. The van der Waals surface area contributed by atoms with Crippen molar-refractivity contribution >= 4 is 11.6 Å². The Balaban J connectivity index is 1.36. The second-order valence-corrected chi connectivity index (χ2v) is 8.83. The first kappa shape index (κ1) is 20.0. The molecule has 0 radical (unpaired) electrons. The number of aromatic nitrogens is 1. The summed E-state index contributed by atoms with van der Waals surface area (Å²) in [7, 11) is 0. The summed E-state index contributed by atoms with van der Waals surface area (Å²) in [4.78, 5) is 20.7. The minimum Gasteiger partial charge on any atom is -0.325 e. The van der Waals surface area contributed by atoms with Crippen molar-refractivity contribution in [2.45, 2.75) is 31.6 Å². The van der Waals surface area contributed by atoms with Crippen LogP contribution in [0, 0.1) is 12.8 Å². The topological polar surface area (TPSA) is 45.2 Å². The number of carbonyl (C=O) groups excluding carboxylic acids is 1. The number of nitrogens with one attached hydrogen (secondary N) is 1. The van der Waals surface area contributed by atoms with Gasteiger partial charge in [-0.25, -0.2) is 0 Å². The maximum absolute atomic E-state index is 13.5. The quantitative estimate of drug-likeness (QED) is 0.646. The van der Waals surface area contributed by atoms with E-state index in [0.29, 0.717) is 0 Å². The number of fused-ring (bicyclic) bond motifs is 1. The Morgan fingerprint density at radius 2 is 1.84 bits per heavy atom. The number of hydrogen-bond acceptors (Lipinski definition) is 3. The molecule has 5 rings (SSSR count). The fourth-order valence-electron chi connectivity index (χ4n) is 5.52. The molecule has 1 amide bonds. The molecule has 3 aromatic rings. The molecule has 1 unspecified atom stereocenters. The lowest BCUT2D eigenvalue weighted by Crippen LogP contribution is -2.44. The zero-order chi connectivity index (χ0) is 21.3. The van der Waals surface area contributed by atoms with Crippen LogP contribution in [0.4, 0.5) is 5.69 Å². The summed E-state index contributed by atoms with van der Waals surface area (Å²) < 4.78 is 0. The molecular weight excluding hydrogens is 382 g/mol. The number of hydrogen-bond donors (Lipinski definition) is 1. The Morgan fingerprint density at radius 1 is 1.03 bits per heavy atom. The molecule has 4 heteroatoms. The highest BCUT2D eigenvalue weighted by Crippen LogP contribution is 2.50. The van der Waals surface area contributed by atoms with E-state index in [1.807, 2.05) is 43.3 Å². The van der Waals surface area contributed by atoms with E-state index in [1.165, 1.54) is 5.69 Å². The molecule has 0 aliphatic carbocycles. The van der Waals surface area contributed by atoms with Gasteiger partial charge in [0.05, 0.1) is 0 Å². The van der Waals surface area contributed by atoms with Crippen molar-refractivity contribution in [3.63, 3.8) is 0 Å². The van der Waals surface area contributed by atoms with Crippen LogP contribution in [0.25, 0.3) is 0 Å². The van der Waals surface area contributed by atoms with E-state index in [2.05, 4.69) is 51.6 Å². The van der Waals surface area contributed by atoms with E-state index in [0.717, 1.165) is 61.4 Å². The zero-order valence-corrected chi connectivity index (χ0v) is 18.1. The third-order valence-corrected chi connectivity index (χ3v) is 6.93. The van der Waals surface area contributed by atoms with Gasteiger partial charge < -0.3 is 10.2 Å². The molecule has 4 nitrogen and oxygen atoms in total. The Hall–Kier alpha value is -2.98. The smallest absolute Gasteiger partial charge is 0.239 e. The lowest BCUT2D eigenvalue weighted by molar-refractivity contribution is -0.121. The standard InChI is InChI=1S/C27H29N3O/c1-20-9-7-12-23(28-20)13-8-17-30-18-16-22(19-30)27(21-10-3-2-4-11-21)24-14-5-6-15-25(24)29-26(27)31/h2-7,9-12,14-15,22H,8,13,16-19H2,1H3,(H,29,31)/t22-,27?/m1/s1. The second-order valence-electron chi connectivity index (χ2n) is 8.83. The average molecular weight is 412 g/mol. The van der Waals surface area contributed by atoms with Crippen LogP contribution in [-0.4, -0.2) is 35.4 Å². The average Bonchev–Trinajstić information content (AvgIpc) is 3.36. The fraction of sp³-hybridized carbons (Fsp3) is 0.333. The number of amides is 1. The van der Waals surface area contributed by atoms with Crippen LogP contribution < -0.4 is 5.32 Å². The zero-order valence-electron chi connectivity index (χ0n) is 18.1. The van der Waals surface area contributed by atoms with Gasteiger partial charge in [0.15, 0.2) is 0 Å². The van der Waals surface area contributed by atoms with Gasteiger partial charge in [-0.1, -0.05) is 54.6 Å². The Morgan fingerprint density at radius 3 is 2.68 bits per heavy atom. The third-order valence-electron chi connectivity index (χ3n) is 6.93. The number of para-hydroxylation sites is 1. The Bertz CT molecular complexity index is 1080. The first-order valence-corrected chi connectivity index (χ1v) is 11.3. The third kappa shape index (κ3) is 3.55. The molecule has 2 aromatic carbocycles. The minimum absolute atomic E-state index is 0.121. The van der Waals surface area contributed by atoms with Gasteiger partial charge in [-0.15, -0.1) is 0 Å². The summed E-state index contributed by atoms with van der Waals surface area (Å²) in [6.07, 6.45) is 3.11. The molecule has 3 heterocycles. The highest BCUT2D eigenvalue weighted by Gasteiger charge is 2.54. The summed E-state index contributed by atoms with van der Waals surface area (Å²) >= 11 is 0. The molecule has 2 aliphatic heterocycles. The summed E-state index contributed by atoms with van der Waals surface area (Å²) in [5, 5.41) is 3.18. The molecule has 2 atom stereocenters. The van der Waals surface area contributed by atoms with Crippen LogP contribution in [0.2, 0.25) is 0 Å². The van der Waals surface area contributed by atoms with Gasteiger partial charge in [0, 0.05) is 23.6 Å². The number of carbonyl (C=O) groups is 1. The molecule has 31 heavy (non-hydrogen) atoms. The Labute approximate surface area is 184 Å². The van der Waals surface area contributed by atoms with Gasteiger partial charge in [-0.3, -0.25) is 9.78 Å². The van der Waals surface area contributed by atoms with Crippen molar-refractivity contribution in [2.75, 3.05) is 25.0 Å². The van der Waals surface area contributed by atoms with Crippen LogP contribution in [0.5, 0.6) is 0 Å². The number of aryl methyl sites for hydroxylation is 2. The molecule has 1 fully saturated rings. The molecule has 1 N–H and O–H groups in total. The summed E-state index contributed by atoms with van der Waals surface area (Å²) in [6, 6.07) is 24.8. The lowest BCUT2D eigenvalue weighted by atomic mass is 9.66. The predicted molar refractivity (Wildman–Crippen MR) is 124 cm³/mol. The maximum atomic E-state index is 13.5. The SMILES string of the molecule is Cc1cccc(CCCN2CC[C@@H](C3(c4ccccc4)C(=O)Nc4ccccc43)C2)n1. The van der Waals surface area contributed by atoms with Crippen LogP contribution in [-0.2, 0) is 16.6 Å². The van der Waals surface area contributed by atoms with E-state index in [9.17, 15) is 4.79 Å². The van der Waals surface area contributed by atoms with Gasteiger partial charge >= 0.3 is 0 Å². The molecule has 1 saturated heterocycles. The number of likely N-dealkylation sites (tertiary alicyclic amines) is 1. The summed E-state index contributed by atoms with van der Waals surface area (Å²) in [5.74, 6) is 0.381. The van der Waals surface area contributed by atoms with Gasteiger partial charge in [0.2, 0.25) is 5.91 Å². The van der Waals surface area contributed by atoms with E-state index in [-0.39, 0.29) is 11.8 Å². The van der Waals surface area contributed by atoms with Crippen molar-refractivity contribution in [3.05, 3.63) is 95.3 Å². The highest BCUT2D eigenvalue weighted by molar-refractivity contribution is 6.09. The van der Waals surface area contributed by atoms with Crippen LogP contribution in [0.1, 0.15) is 35.4 Å². The van der Waals surface area contributed by atoms with Crippen molar-refractivity contribution < 1.29 is 4.79 Å². The van der Waals surface area contributed by atoms with Gasteiger partial charge in [0.25, 0.3) is 0 Å². The molecule has 2 aliphatic rings. The summed E-state index contributed by atoms with van der Waals surface area (Å²) in [5.41, 5.74) is 4.83. The molecule has 0 spiro atoms. The van der Waals surface area contributed by atoms with Crippen LogP contribution in [0.3, 0.4) is 0 Å². The van der Waals surface area contributed by atoms with Crippen LogP contribution >= 0.6 is 0 Å². The van der Waals surface area contributed by atoms with Gasteiger partial charge in [-0.05, 0) is 74.5 Å². The fourth-order valence-corrected chi connectivity index (χ4v) is 5.52. The number of benzene rings is 2. The predicted octanol–water partition coefficient (Wildman–Crippen LogP) is 4.58. The van der Waals surface area contributed by atoms with Crippen molar-refractivity contribution in [1.29, 1.82) is 0 Å². The van der Waals surface area contributed by atoms with Crippen LogP contribution in [0.15, 0.2) is 72.8 Å². The normalized spacial score (nSPS) is 23.0. The van der Waals surface area contributed by atoms with E-state index < -0.39 is 5.41 Å². The number of anilines is 1. The Kier molecular flexibility index (Phi) is 5.33. The minimum atomic E-state index is -0.606. The molecule has 0 saturated carbocycles. The van der Waals surface area contributed by atoms with E-state index in [1.54, 1.807) is 0 Å². The second kappa shape index (κ2) is 8.27. The van der Waals surface area contributed by atoms with E-state index >= 15 is 0 Å². The molecular formula is C27H29N3O. The van der Waals surface area contributed by atoms with Crippen molar-refractivity contribution in [2.24, 2.45) is 5.92 Å². The largest absolute Gasteiger partial charge is 0.325 e. The molecule has 1 aromatic heterocycles. The van der Waals surface area contributed by atoms with Gasteiger partial charge in [0.1, 0.15) is 5.41 Å². The number of nitrogens with zero attached hydrogens (tertiary/aromatic N) is 2. The molecule has 158 valence electrons. The first-order chi connectivity index (χ1) is 15.2. The van der Waals surface area contributed by atoms with Crippen molar-refractivity contribution in [3.8, 4) is 0 Å². The monoisotopic (exact) mass is 411 g/mol. The molecule has 0 bridgehead atoms. The van der Waals surface area contributed by atoms with E-state index in [4.69, 9.17) is 0 Å². The number of rotatable bonds is 6. The van der Waals surface area contributed by atoms with Crippen molar-refractivity contribution in [1.82, 2.24) is 9.88 Å².